The summed E-state index contributed by atoms with van der Waals surface area (Å²) in [4.78, 5) is 0. The average Bonchev–Trinajstić information content (AvgIpc) is 2.80. The predicted octanol–water partition coefficient (Wildman–Crippen LogP) is 6.80. The van der Waals surface area contributed by atoms with Crippen LogP contribution in [0.3, 0.4) is 0 Å². The maximum atomic E-state index is 16.1. The van der Waals surface area contributed by atoms with Gasteiger partial charge in [-0.15, -0.1) is 0 Å². The topological polar surface area (TPSA) is 0 Å². The molecule has 4 rings (SSSR count). The van der Waals surface area contributed by atoms with Crippen LogP contribution >= 0.6 is 0 Å². The van der Waals surface area contributed by atoms with E-state index in [2.05, 4.69) is 0 Å². The van der Waals surface area contributed by atoms with Gasteiger partial charge >= 0.3 is 0 Å². The molecule has 2 atom stereocenters. The lowest BCUT2D eigenvalue weighted by Gasteiger charge is -2.50. The summed E-state index contributed by atoms with van der Waals surface area (Å²) >= 11 is 0. The van der Waals surface area contributed by atoms with Gasteiger partial charge in [-0.1, -0.05) is 0 Å². The first-order chi connectivity index (χ1) is 15.6. The van der Waals surface area contributed by atoms with Crippen LogP contribution in [-0.4, -0.2) is 0 Å². The average molecular weight is 508 g/mol. The molecule has 0 aliphatic heterocycles. The molecule has 0 N–H and O–H groups in total. The highest BCUT2D eigenvalue weighted by atomic mass is 19.2. The molecule has 0 nitrogen and oxygen atoms in total. The lowest BCUT2D eigenvalue weighted by atomic mass is 9.57. The van der Waals surface area contributed by atoms with Gasteiger partial charge in [0.1, 0.15) is 0 Å². The fourth-order valence-electron chi connectivity index (χ4n) is 3.85. The Kier molecular flexibility index (Phi) is 4.97. The Morgan fingerprint density at radius 3 is 0.912 bits per heavy atom. The highest BCUT2D eigenvalue weighted by molar-refractivity contribution is 5.65. The quantitative estimate of drug-likeness (QED) is 0.203. The maximum absolute atomic E-state index is 16.1. The lowest BCUT2D eigenvalue weighted by molar-refractivity contribution is -0.0406. The predicted molar refractivity (Wildman–Crippen MR) is 82.6 cm³/mol. The maximum Gasteiger partial charge on any atom is 0.209 e. The number of rotatable bonds is 2. The summed E-state index contributed by atoms with van der Waals surface area (Å²) in [6, 6.07) is -1.31. The van der Waals surface area contributed by atoms with E-state index < -0.39 is 116 Å². The summed E-state index contributed by atoms with van der Waals surface area (Å²) in [7, 11) is 0. The van der Waals surface area contributed by atoms with Crippen LogP contribution in [0.5, 0.6) is 0 Å². The number of fused-ring (bicyclic) bond motifs is 1. The molecule has 0 saturated heterocycles. The third-order valence-electron chi connectivity index (χ3n) is 5.38. The second kappa shape index (κ2) is 7.09. The Bertz CT molecular complexity index is 1310. The SMILES string of the molecule is Fc1cc(C2(F)c3c(F)c(F)c(F)c(F)c3C2(F)c2cc(F)c(F)c(F)c2F)c(F)c(F)c1F. The van der Waals surface area contributed by atoms with Crippen molar-refractivity contribution in [3.63, 3.8) is 0 Å². The third kappa shape index (κ3) is 2.50. The number of benzene rings is 3. The van der Waals surface area contributed by atoms with E-state index in [1.807, 2.05) is 0 Å². The molecule has 14 heteroatoms. The number of halogens is 14. The van der Waals surface area contributed by atoms with Crippen molar-refractivity contribution in [2.75, 3.05) is 0 Å². The van der Waals surface area contributed by atoms with Crippen LogP contribution in [0.4, 0.5) is 61.5 Å². The molecule has 3 aromatic rings. The normalized spacial score (nSPS) is 21.5. The van der Waals surface area contributed by atoms with Crippen molar-refractivity contribution in [1.29, 1.82) is 0 Å². The van der Waals surface area contributed by atoms with Crippen molar-refractivity contribution in [3.05, 3.63) is 104 Å². The van der Waals surface area contributed by atoms with Crippen molar-refractivity contribution in [1.82, 2.24) is 0 Å². The molecule has 0 spiro atoms. The highest BCUT2D eigenvalue weighted by Gasteiger charge is 2.73. The van der Waals surface area contributed by atoms with E-state index in [1.165, 1.54) is 0 Å². The summed E-state index contributed by atoms with van der Waals surface area (Å²) in [5, 5.41) is 0. The van der Waals surface area contributed by atoms with Crippen molar-refractivity contribution in [2.45, 2.75) is 11.3 Å². The molecule has 0 radical (unpaired) electrons. The summed E-state index contributed by atoms with van der Waals surface area (Å²) in [6.07, 6.45) is 0. The van der Waals surface area contributed by atoms with E-state index in [9.17, 15) is 52.7 Å². The summed E-state index contributed by atoms with van der Waals surface area (Å²) < 4.78 is 199. The first-order valence-corrected chi connectivity index (χ1v) is 8.55. The van der Waals surface area contributed by atoms with Crippen LogP contribution in [0.2, 0.25) is 0 Å². The minimum Gasteiger partial charge on any atom is -0.229 e. The van der Waals surface area contributed by atoms with Gasteiger partial charge in [-0.3, -0.25) is 0 Å². The van der Waals surface area contributed by atoms with Crippen molar-refractivity contribution in [2.24, 2.45) is 0 Å². The molecule has 0 bridgehead atoms. The molecular formula is C20H2F14. The zero-order valence-electron chi connectivity index (χ0n) is 15.4. The van der Waals surface area contributed by atoms with Crippen LogP contribution in [0, 0.1) is 69.8 Å². The molecule has 0 heterocycles. The summed E-state index contributed by atoms with van der Waals surface area (Å²) in [5.74, 6) is -32.9. The molecular weight excluding hydrogens is 506 g/mol. The van der Waals surface area contributed by atoms with E-state index in [-0.39, 0.29) is 0 Å². The van der Waals surface area contributed by atoms with Gasteiger partial charge in [-0.05, 0) is 12.1 Å². The molecule has 0 fully saturated rings. The second-order valence-corrected chi connectivity index (χ2v) is 7.02. The smallest absolute Gasteiger partial charge is 0.209 e. The van der Waals surface area contributed by atoms with Crippen LogP contribution < -0.4 is 0 Å². The molecule has 1 aliphatic carbocycles. The van der Waals surface area contributed by atoms with Crippen molar-refractivity contribution in [3.8, 4) is 0 Å². The van der Waals surface area contributed by atoms with E-state index >= 15 is 8.78 Å². The van der Waals surface area contributed by atoms with E-state index in [4.69, 9.17) is 0 Å². The molecule has 34 heavy (non-hydrogen) atoms. The number of hydrogen-bond acceptors (Lipinski definition) is 0. The van der Waals surface area contributed by atoms with Crippen LogP contribution in [0.25, 0.3) is 0 Å². The fraction of sp³-hybridized carbons (Fsp3) is 0.100. The largest absolute Gasteiger partial charge is 0.229 e. The van der Waals surface area contributed by atoms with Crippen LogP contribution in [0.1, 0.15) is 22.3 Å². The molecule has 0 saturated carbocycles. The number of alkyl halides is 2. The Balaban J connectivity index is 2.25. The first-order valence-electron chi connectivity index (χ1n) is 8.55. The lowest BCUT2D eigenvalue weighted by Crippen LogP contribution is -2.57. The van der Waals surface area contributed by atoms with Crippen LogP contribution in [0.15, 0.2) is 12.1 Å². The van der Waals surface area contributed by atoms with Crippen molar-refractivity contribution < 1.29 is 61.5 Å². The molecule has 2 unspecified atom stereocenters. The first kappa shape index (κ1) is 23.8. The van der Waals surface area contributed by atoms with Gasteiger partial charge in [-0.25, -0.2) is 61.5 Å². The molecule has 0 amide bonds. The Hall–Kier alpha value is -3.32. The Morgan fingerprint density at radius 1 is 0.353 bits per heavy atom. The minimum absolute atomic E-state index is 0.655. The third-order valence-corrected chi connectivity index (χ3v) is 5.38. The van der Waals surface area contributed by atoms with Crippen molar-refractivity contribution >= 4 is 0 Å². The van der Waals surface area contributed by atoms with Crippen LogP contribution in [-0.2, 0) is 11.3 Å². The van der Waals surface area contributed by atoms with E-state index in [0.29, 0.717) is 0 Å². The molecule has 3 aromatic carbocycles. The highest BCUT2D eigenvalue weighted by Crippen LogP contribution is 2.67. The Labute approximate surface area is 178 Å². The standard InChI is InChI=1S/C20H2F14/c21-5-1-3(9(23)15(29)11(5)25)19(33)7-8(14(28)18(32)17(31)13(7)27)20(19,34)4-2-6(22)12(26)16(30)10(4)24/h1-2H. The Morgan fingerprint density at radius 2 is 0.618 bits per heavy atom. The summed E-state index contributed by atoms with van der Waals surface area (Å²) in [5.41, 5.74) is -19.5. The zero-order chi connectivity index (χ0) is 25.7. The van der Waals surface area contributed by atoms with Gasteiger partial charge in [0.25, 0.3) is 0 Å². The van der Waals surface area contributed by atoms with Gasteiger partial charge in [0, 0.05) is 22.3 Å². The fourth-order valence-corrected chi connectivity index (χ4v) is 3.85. The van der Waals surface area contributed by atoms with Gasteiger partial charge in [0.15, 0.2) is 69.8 Å². The summed E-state index contributed by atoms with van der Waals surface area (Å²) in [6.45, 7) is 0. The molecule has 180 valence electrons. The molecule has 1 aliphatic rings. The van der Waals surface area contributed by atoms with Gasteiger partial charge < -0.3 is 0 Å². The molecule has 0 aromatic heterocycles. The van der Waals surface area contributed by atoms with Gasteiger partial charge in [0.05, 0.1) is 0 Å². The van der Waals surface area contributed by atoms with E-state index in [1.54, 1.807) is 0 Å². The minimum atomic E-state index is -5.00. The monoisotopic (exact) mass is 508 g/mol. The van der Waals surface area contributed by atoms with Gasteiger partial charge in [-0.2, -0.15) is 0 Å². The van der Waals surface area contributed by atoms with E-state index in [0.717, 1.165) is 0 Å². The number of hydrogen-bond donors (Lipinski definition) is 0. The second-order valence-electron chi connectivity index (χ2n) is 7.02. The zero-order valence-corrected chi connectivity index (χ0v) is 15.4. The van der Waals surface area contributed by atoms with Gasteiger partial charge in [0.2, 0.25) is 11.3 Å².